The Morgan fingerprint density at radius 3 is 2.67 bits per heavy atom. The summed E-state index contributed by atoms with van der Waals surface area (Å²) in [5, 5.41) is 11.1. The summed E-state index contributed by atoms with van der Waals surface area (Å²) in [6.07, 6.45) is 0. The van der Waals surface area contributed by atoms with Crippen LogP contribution in [0.15, 0.2) is 12.1 Å². The van der Waals surface area contributed by atoms with Crippen LogP contribution in [-0.2, 0) is 26.1 Å². The molecule has 0 spiro atoms. The summed E-state index contributed by atoms with van der Waals surface area (Å²) < 4.78 is 12.4. The molecule has 18 heavy (non-hydrogen) atoms. The number of rotatable bonds is 6. The zero-order chi connectivity index (χ0) is 13.7. The predicted molar refractivity (Wildman–Crippen MR) is 71.3 cm³/mol. The first-order chi connectivity index (χ1) is 8.38. The number of nitrogens with one attached hydrogen (secondary N) is 1. The quantitative estimate of drug-likeness (QED) is 0.828. The Bertz CT molecular complexity index is 474. The minimum Gasteiger partial charge on any atom is -0.480 e. The van der Waals surface area contributed by atoms with Crippen molar-refractivity contribution in [2.24, 2.45) is 0 Å². The third kappa shape index (κ3) is 5.16. The van der Waals surface area contributed by atoms with Gasteiger partial charge in [-0.2, -0.15) is 0 Å². The number of carboxylic acids is 1. The first-order valence-corrected chi connectivity index (χ1v) is 7.66. The number of carboxylic acid groups (broad SMARTS) is 1. The van der Waals surface area contributed by atoms with Gasteiger partial charge in [-0.15, -0.1) is 11.3 Å². The summed E-state index contributed by atoms with van der Waals surface area (Å²) in [7, 11) is -1.37. The minimum atomic E-state index is -1.37. The number of carbonyl (C=O) groups excluding carboxylic acids is 1. The van der Waals surface area contributed by atoms with Crippen LogP contribution in [-0.4, -0.2) is 33.0 Å². The molecule has 0 aliphatic carbocycles. The molecular formula is C10H12ClNO4S2. The highest BCUT2D eigenvalue weighted by Gasteiger charge is 2.21. The van der Waals surface area contributed by atoms with Crippen molar-refractivity contribution in [3.63, 3.8) is 0 Å². The van der Waals surface area contributed by atoms with Crippen LogP contribution in [0.25, 0.3) is 0 Å². The summed E-state index contributed by atoms with van der Waals surface area (Å²) in [6, 6.07) is 2.32. The molecule has 1 amide bonds. The molecule has 0 saturated carbocycles. The van der Waals surface area contributed by atoms with Crippen molar-refractivity contribution in [1.29, 1.82) is 0 Å². The molecule has 0 bridgehead atoms. The van der Waals surface area contributed by atoms with E-state index < -0.39 is 28.7 Å². The molecule has 1 aromatic heterocycles. The van der Waals surface area contributed by atoms with Crippen molar-refractivity contribution >= 4 is 45.6 Å². The maximum atomic E-state index is 11.8. The Hall–Kier alpha value is -0.920. The smallest absolute Gasteiger partial charge is 0.327 e. The number of hydrogen-bond donors (Lipinski definition) is 2. The second-order valence-corrected chi connectivity index (χ2v) is 6.85. The molecule has 5 nitrogen and oxygen atoms in total. The van der Waals surface area contributed by atoms with E-state index in [1.807, 2.05) is 0 Å². The van der Waals surface area contributed by atoms with E-state index in [0.29, 0.717) is 4.34 Å². The van der Waals surface area contributed by atoms with Crippen molar-refractivity contribution in [2.45, 2.75) is 18.7 Å². The first kappa shape index (κ1) is 15.1. The molecule has 2 N–H and O–H groups in total. The summed E-state index contributed by atoms with van der Waals surface area (Å²) in [5.41, 5.74) is 0. The molecule has 100 valence electrons. The highest BCUT2D eigenvalue weighted by atomic mass is 35.5. The third-order valence-electron chi connectivity index (χ3n) is 1.96. The molecule has 0 saturated heterocycles. The maximum absolute atomic E-state index is 11.8. The van der Waals surface area contributed by atoms with Gasteiger partial charge in [-0.05, 0) is 12.1 Å². The van der Waals surface area contributed by atoms with Crippen LogP contribution in [0.4, 0.5) is 0 Å². The van der Waals surface area contributed by atoms with E-state index in [1.54, 1.807) is 12.1 Å². The number of carbonyl (C=O) groups is 2. The molecule has 1 heterocycles. The van der Waals surface area contributed by atoms with Crippen LogP contribution < -0.4 is 5.32 Å². The van der Waals surface area contributed by atoms with Gasteiger partial charge < -0.3 is 10.4 Å². The average Bonchev–Trinajstić information content (AvgIpc) is 2.62. The molecule has 1 aromatic rings. The van der Waals surface area contributed by atoms with Gasteiger partial charge in [0, 0.05) is 22.6 Å². The first-order valence-electron chi connectivity index (χ1n) is 4.97. The third-order valence-corrected chi connectivity index (χ3v) is 4.71. The summed E-state index contributed by atoms with van der Waals surface area (Å²) >= 11 is 7.04. The Morgan fingerprint density at radius 2 is 2.22 bits per heavy atom. The average molecular weight is 310 g/mol. The standard InChI is InChI=1S/C10H12ClNO4S2/c1-6(13)12-8(10(14)15)5-18(16)4-7-2-3-9(11)17-7/h2-3,8H,4-5H2,1H3,(H,12,13)(H,14,15). The second-order valence-electron chi connectivity index (χ2n) is 3.55. The molecule has 8 heteroatoms. The van der Waals surface area contributed by atoms with E-state index in [4.69, 9.17) is 16.7 Å². The Labute approximate surface area is 116 Å². The lowest BCUT2D eigenvalue weighted by Crippen LogP contribution is -2.43. The van der Waals surface area contributed by atoms with Crippen molar-refractivity contribution in [2.75, 3.05) is 5.75 Å². The number of amides is 1. The van der Waals surface area contributed by atoms with Crippen LogP contribution in [0.2, 0.25) is 4.34 Å². The van der Waals surface area contributed by atoms with Crippen molar-refractivity contribution in [1.82, 2.24) is 5.32 Å². The van der Waals surface area contributed by atoms with E-state index >= 15 is 0 Å². The van der Waals surface area contributed by atoms with Crippen molar-refractivity contribution < 1.29 is 18.9 Å². The van der Waals surface area contributed by atoms with Gasteiger partial charge in [-0.1, -0.05) is 11.6 Å². The van der Waals surface area contributed by atoms with E-state index in [9.17, 15) is 13.8 Å². The van der Waals surface area contributed by atoms with E-state index in [0.717, 1.165) is 4.88 Å². The van der Waals surface area contributed by atoms with Crippen molar-refractivity contribution in [3.8, 4) is 0 Å². The van der Waals surface area contributed by atoms with Gasteiger partial charge in [0.05, 0.1) is 15.8 Å². The molecule has 2 unspecified atom stereocenters. The van der Waals surface area contributed by atoms with Crippen LogP contribution in [0.1, 0.15) is 11.8 Å². The van der Waals surface area contributed by atoms with Crippen LogP contribution in [0, 0.1) is 0 Å². The fourth-order valence-electron chi connectivity index (χ4n) is 1.25. The van der Waals surface area contributed by atoms with Gasteiger partial charge in [0.1, 0.15) is 6.04 Å². The van der Waals surface area contributed by atoms with Crippen molar-refractivity contribution in [3.05, 3.63) is 21.3 Å². The van der Waals surface area contributed by atoms with Crippen LogP contribution >= 0.6 is 22.9 Å². The topological polar surface area (TPSA) is 83.5 Å². The number of aliphatic carboxylic acids is 1. The van der Waals surface area contributed by atoms with Gasteiger partial charge in [0.15, 0.2) is 0 Å². The monoisotopic (exact) mass is 309 g/mol. The number of thiophene rings is 1. The SMILES string of the molecule is CC(=O)NC(CS(=O)Cc1ccc(Cl)s1)C(=O)O. The lowest BCUT2D eigenvalue weighted by molar-refractivity contribution is -0.140. The summed E-state index contributed by atoms with van der Waals surface area (Å²) in [5.74, 6) is -1.54. The van der Waals surface area contributed by atoms with Gasteiger partial charge >= 0.3 is 5.97 Å². The number of halogens is 1. The molecule has 1 rings (SSSR count). The zero-order valence-corrected chi connectivity index (χ0v) is 11.9. The molecule has 0 aliphatic heterocycles. The normalized spacial score (nSPS) is 13.9. The van der Waals surface area contributed by atoms with Gasteiger partial charge in [-0.3, -0.25) is 9.00 Å². The van der Waals surface area contributed by atoms with Gasteiger partial charge in [0.2, 0.25) is 5.91 Å². The van der Waals surface area contributed by atoms with Crippen LogP contribution in [0.5, 0.6) is 0 Å². The molecule has 2 atom stereocenters. The highest BCUT2D eigenvalue weighted by Crippen LogP contribution is 2.22. The largest absolute Gasteiger partial charge is 0.480 e. The zero-order valence-electron chi connectivity index (χ0n) is 9.51. The minimum absolute atomic E-state index is 0.121. The highest BCUT2D eigenvalue weighted by molar-refractivity contribution is 7.84. The lowest BCUT2D eigenvalue weighted by atomic mass is 10.3. The Morgan fingerprint density at radius 1 is 1.56 bits per heavy atom. The molecule has 0 radical (unpaired) electrons. The lowest BCUT2D eigenvalue weighted by Gasteiger charge is -2.12. The van der Waals surface area contributed by atoms with Gasteiger partial charge in [-0.25, -0.2) is 4.79 Å². The predicted octanol–water partition coefficient (Wildman–Crippen LogP) is 1.24. The van der Waals surface area contributed by atoms with Crippen LogP contribution in [0.3, 0.4) is 0 Å². The molecule has 0 aliphatic rings. The molecule has 0 aromatic carbocycles. The Kier molecular flexibility index (Phi) is 5.77. The fourth-order valence-corrected chi connectivity index (χ4v) is 3.89. The van der Waals surface area contributed by atoms with E-state index in [2.05, 4.69) is 5.32 Å². The molecular weight excluding hydrogens is 298 g/mol. The maximum Gasteiger partial charge on any atom is 0.327 e. The molecule has 0 fully saturated rings. The second kappa shape index (κ2) is 6.86. The van der Waals surface area contributed by atoms with E-state index in [1.165, 1.54) is 18.3 Å². The number of hydrogen-bond acceptors (Lipinski definition) is 4. The fraction of sp³-hybridized carbons (Fsp3) is 0.400. The van der Waals surface area contributed by atoms with E-state index in [-0.39, 0.29) is 11.5 Å². The summed E-state index contributed by atoms with van der Waals surface area (Å²) in [6.45, 7) is 1.22. The van der Waals surface area contributed by atoms with Gasteiger partial charge in [0.25, 0.3) is 0 Å². The Balaban J connectivity index is 2.56. The summed E-state index contributed by atoms with van der Waals surface area (Å²) in [4.78, 5) is 22.5.